The first kappa shape index (κ1) is 15.1. The summed E-state index contributed by atoms with van der Waals surface area (Å²) in [7, 11) is 2.90. The summed E-state index contributed by atoms with van der Waals surface area (Å²) in [4.78, 5) is 24.2. The van der Waals surface area contributed by atoms with Crippen LogP contribution in [0.5, 0.6) is 5.75 Å². The first-order chi connectivity index (χ1) is 10.1. The summed E-state index contributed by atoms with van der Waals surface area (Å²) in [6.45, 7) is 1.15. The number of carbonyl (C=O) groups excluding carboxylic acids is 1. The van der Waals surface area contributed by atoms with Crippen molar-refractivity contribution in [1.29, 1.82) is 0 Å². The van der Waals surface area contributed by atoms with Crippen molar-refractivity contribution in [3.8, 4) is 5.75 Å². The number of anilines is 1. The highest BCUT2D eigenvalue weighted by Crippen LogP contribution is 2.34. The van der Waals surface area contributed by atoms with Gasteiger partial charge in [0, 0.05) is 25.2 Å². The van der Waals surface area contributed by atoms with E-state index >= 15 is 0 Å². The molecule has 0 saturated carbocycles. The van der Waals surface area contributed by atoms with Crippen LogP contribution in [0, 0.1) is 16.0 Å². The number of nitro groups is 1. The SMILES string of the molecule is COC(=O)C1CCN(c2cc(OC)ccc2[N+](=O)[O-])CC1. The van der Waals surface area contributed by atoms with Gasteiger partial charge in [0.25, 0.3) is 5.69 Å². The van der Waals surface area contributed by atoms with Crippen molar-refractivity contribution in [2.75, 3.05) is 32.2 Å². The molecule has 0 unspecified atom stereocenters. The van der Waals surface area contributed by atoms with Gasteiger partial charge in [0.1, 0.15) is 11.4 Å². The summed E-state index contributed by atoms with van der Waals surface area (Å²) in [5, 5.41) is 11.1. The predicted molar refractivity (Wildman–Crippen MR) is 76.6 cm³/mol. The van der Waals surface area contributed by atoms with E-state index in [1.54, 1.807) is 12.1 Å². The highest BCUT2D eigenvalue weighted by Gasteiger charge is 2.29. The average Bonchev–Trinajstić information content (AvgIpc) is 2.53. The molecule has 0 aromatic heterocycles. The van der Waals surface area contributed by atoms with E-state index in [0.717, 1.165) is 0 Å². The van der Waals surface area contributed by atoms with Crippen molar-refractivity contribution >= 4 is 17.3 Å². The van der Waals surface area contributed by atoms with Crippen molar-refractivity contribution in [2.24, 2.45) is 5.92 Å². The Balaban J connectivity index is 2.19. The highest BCUT2D eigenvalue weighted by molar-refractivity contribution is 5.73. The Morgan fingerprint density at radius 1 is 1.33 bits per heavy atom. The number of esters is 1. The van der Waals surface area contributed by atoms with Gasteiger partial charge in [-0.05, 0) is 18.9 Å². The van der Waals surface area contributed by atoms with Crippen LogP contribution in [0.3, 0.4) is 0 Å². The molecule has 1 saturated heterocycles. The van der Waals surface area contributed by atoms with Crippen LogP contribution in [-0.2, 0) is 9.53 Å². The van der Waals surface area contributed by atoms with Crippen LogP contribution in [0.4, 0.5) is 11.4 Å². The van der Waals surface area contributed by atoms with Crippen LogP contribution in [-0.4, -0.2) is 38.2 Å². The number of benzene rings is 1. The summed E-state index contributed by atoms with van der Waals surface area (Å²) in [5.41, 5.74) is 0.579. The summed E-state index contributed by atoms with van der Waals surface area (Å²) in [6, 6.07) is 4.68. The minimum absolute atomic E-state index is 0.0484. The van der Waals surface area contributed by atoms with Crippen LogP contribution in [0.25, 0.3) is 0 Å². The van der Waals surface area contributed by atoms with E-state index in [1.807, 2.05) is 4.90 Å². The monoisotopic (exact) mass is 294 g/mol. The highest BCUT2D eigenvalue weighted by atomic mass is 16.6. The van der Waals surface area contributed by atoms with Crippen molar-refractivity contribution in [3.63, 3.8) is 0 Å². The molecule has 1 aromatic carbocycles. The molecular weight excluding hydrogens is 276 g/mol. The van der Waals surface area contributed by atoms with Gasteiger partial charge in [0.15, 0.2) is 0 Å². The van der Waals surface area contributed by atoms with Crippen molar-refractivity contribution in [3.05, 3.63) is 28.3 Å². The Hall–Kier alpha value is -2.31. The second kappa shape index (κ2) is 6.43. The van der Waals surface area contributed by atoms with Crippen molar-refractivity contribution < 1.29 is 19.2 Å². The van der Waals surface area contributed by atoms with E-state index in [4.69, 9.17) is 9.47 Å². The third kappa shape index (κ3) is 3.24. The zero-order valence-electron chi connectivity index (χ0n) is 12.1. The van der Waals surface area contributed by atoms with E-state index < -0.39 is 4.92 Å². The molecular formula is C14H18N2O5. The standard InChI is InChI=1S/C14H18N2O5/c1-20-11-3-4-12(16(18)19)13(9-11)15-7-5-10(6-8-15)14(17)21-2/h3-4,9-10H,5-8H2,1-2H3. The fourth-order valence-corrected chi connectivity index (χ4v) is 2.56. The van der Waals surface area contributed by atoms with E-state index in [1.165, 1.54) is 20.3 Å². The minimum Gasteiger partial charge on any atom is -0.497 e. The van der Waals surface area contributed by atoms with Gasteiger partial charge in [0.2, 0.25) is 0 Å². The number of methoxy groups -OCH3 is 2. The number of hydrogen-bond acceptors (Lipinski definition) is 6. The second-order valence-corrected chi connectivity index (χ2v) is 4.90. The second-order valence-electron chi connectivity index (χ2n) is 4.90. The van der Waals surface area contributed by atoms with Crippen molar-refractivity contribution in [1.82, 2.24) is 0 Å². The normalized spacial score (nSPS) is 15.6. The number of nitro benzene ring substituents is 1. The lowest BCUT2D eigenvalue weighted by Crippen LogP contribution is -2.37. The third-order valence-corrected chi connectivity index (χ3v) is 3.75. The molecule has 7 nitrogen and oxygen atoms in total. The van der Waals surface area contributed by atoms with Crippen LogP contribution in [0.15, 0.2) is 18.2 Å². The van der Waals surface area contributed by atoms with E-state index in [-0.39, 0.29) is 17.6 Å². The largest absolute Gasteiger partial charge is 0.497 e. The molecule has 21 heavy (non-hydrogen) atoms. The minimum atomic E-state index is -0.402. The third-order valence-electron chi connectivity index (χ3n) is 3.75. The molecule has 0 amide bonds. The molecule has 2 rings (SSSR count). The van der Waals surface area contributed by atoms with Gasteiger partial charge in [-0.25, -0.2) is 0 Å². The van der Waals surface area contributed by atoms with Gasteiger partial charge in [-0.1, -0.05) is 0 Å². The van der Waals surface area contributed by atoms with Gasteiger partial charge in [-0.3, -0.25) is 14.9 Å². The molecule has 1 fully saturated rings. The van der Waals surface area contributed by atoms with Crippen LogP contribution < -0.4 is 9.64 Å². The fraction of sp³-hybridized carbons (Fsp3) is 0.500. The first-order valence-electron chi connectivity index (χ1n) is 6.72. The molecule has 0 spiro atoms. The maximum Gasteiger partial charge on any atom is 0.308 e. The Kier molecular flexibility index (Phi) is 4.62. The quantitative estimate of drug-likeness (QED) is 0.480. The molecule has 1 aliphatic rings. The van der Waals surface area contributed by atoms with Gasteiger partial charge in [0.05, 0.1) is 25.1 Å². The Labute approximate surface area is 122 Å². The smallest absolute Gasteiger partial charge is 0.308 e. The molecule has 0 bridgehead atoms. The van der Waals surface area contributed by atoms with E-state index in [9.17, 15) is 14.9 Å². The van der Waals surface area contributed by atoms with Crippen LogP contribution in [0.2, 0.25) is 0 Å². The molecule has 114 valence electrons. The molecule has 1 heterocycles. The maximum absolute atomic E-state index is 11.5. The van der Waals surface area contributed by atoms with Gasteiger partial charge in [-0.2, -0.15) is 0 Å². The maximum atomic E-state index is 11.5. The van der Waals surface area contributed by atoms with E-state index in [0.29, 0.717) is 37.4 Å². The Morgan fingerprint density at radius 3 is 2.52 bits per heavy atom. The number of piperidine rings is 1. The van der Waals surface area contributed by atoms with E-state index in [2.05, 4.69) is 0 Å². The molecule has 1 aliphatic heterocycles. The summed E-state index contributed by atoms with van der Waals surface area (Å²) >= 11 is 0. The first-order valence-corrected chi connectivity index (χ1v) is 6.72. The predicted octanol–water partition coefficient (Wildman–Crippen LogP) is 1.99. The van der Waals surface area contributed by atoms with Gasteiger partial charge >= 0.3 is 5.97 Å². The number of ether oxygens (including phenoxy) is 2. The lowest BCUT2D eigenvalue weighted by molar-refractivity contribution is -0.384. The number of hydrogen-bond donors (Lipinski definition) is 0. The molecule has 0 atom stereocenters. The van der Waals surface area contributed by atoms with Crippen LogP contribution >= 0.6 is 0 Å². The average molecular weight is 294 g/mol. The van der Waals surface area contributed by atoms with Crippen LogP contribution in [0.1, 0.15) is 12.8 Å². The summed E-state index contributed by atoms with van der Waals surface area (Å²) in [6.07, 6.45) is 1.25. The van der Waals surface area contributed by atoms with Crippen molar-refractivity contribution in [2.45, 2.75) is 12.8 Å². The Morgan fingerprint density at radius 2 is 2.00 bits per heavy atom. The lowest BCUT2D eigenvalue weighted by atomic mass is 9.96. The molecule has 0 aliphatic carbocycles. The van der Waals surface area contributed by atoms with Gasteiger partial charge in [-0.15, -0.1) is 0 Å². The molecule has 1 aromatic rings. The Bertz CT molecular complexity index is 538. The zero-order valence-corrected chi connectivity index (χ0v) is 12.1. The number of rotatable bonds is 4. The summed E-state index contributed by atoms with van der Waals surface area (Å²) < 4.78 is 9.88. The fourth-order valence-electron chi connectivity index (χ4n) is 2.56. The summed E-state index contributed by atoms with van der Waals surface area (Å²) in [5.74, 6) is 0.233. The van der Waals surface area contributed by atoms with Gasteiger partial charge < -0.3 is 14.4 Å². The zero-order chi connectivity index (χ0) is 15.4. The number of nitrogens with zero attached hydrogens (tertiary/aromatic N) is 2. The topological polar surface area (TPSA) is 81.9 Å². The lowest BCUT2D eigenvalue weighted by Gasteiger charge is -2.32. The number of carbonyl (C=O) groups is 1. The molecule has 7 heteroatoms. The molecule has 0 radical (unpaired) electrons. The molecule has 0 N–H and O–H groups in total.